The number of hydrogen-bond acceptors (Lipinski definition) is 3. The molecular formula is C19H19F3N2OS. The van der Waals surface area contributed by atoms with Crippen molar-refractivity contribution < 1.29 is 18.0 Å². The minimum absolute atomic E-state index is 0.0818. The molecule has 1 heterocycles. The number of carbonyl (C=O) groups excluding carboxylic acids is 1. The number of rotatable bonds is 3. The Kier molecular flexibility index (Phi) is 5.46. The zero-order valence-corrected chi connectivity index (χ0v) is 15.1. The number of anilines is 1. The van der Waals surface area contributed by atoms with E-state index in [-0.39, 0.29) is 22.6 Å². The molecule has 0 unspecified atom stereocenters. The third-order valence-corrected chi connectivity index (χ3v) is 5.01. The van der Waals surface area contributed by atoms with Crippen molar-refractivity contribution in [3.63, 3.8) is 0 Å². The molecule has 1 amide bonds. The van der Waals surface area contributed by atoms with E-state index >= 15 is 0 Å². The second-order valence-electron chi connectivity index (χ2n) is 6.19. The minimum Gasteiger partial charge on any atom is -0.368 e. The molecule has 0 aromatic heterocycles. The number of aryl methyl sites for hydroxylation is 1. The molecule has 1 saturated heterocycles. The largest absolute Gasteiger partial charge is 0.446 e. The van der Waals surface area contributed by atoms with Gasteiger partial charge >= 0.3 is 5.51 Å². The maximum absolute atomic E-state index is 12.6. The predicted octanol–water partition coefficient (Wildman–Crippen LogP) is 4.57. The van der Waals surface area contributed by atoms with Gasteiger partial charge in [-0.25, -0.2) is 0 Å². The van der Waals surface area contributed by atoms with Crippen molar-refractivity contribution in [1.29, 1.82) is 0 Å². The fourth-order valence-corrected chi connectivity index (χ4v) is 3.51. The van der Waals surface area contributed by atoms with E-state index in [0.29, 0.717) is 18.7 Å². The number of benzene rings is 2. The van der Waals surface area contributed by atoms with E-state index in [0.717, 1.165) is 18.8 Å². The Labute approximate surface area is 154 Å². The highest BCUT2D eigenvalue weighted by Gasteiger charge is 2.29. The van der Waals surface area contributed by atoms with E-state index in [9.17, 15) is 18.0 Å². The van der Waals surface area contributed by atoms with Gasteiger partial charge in [-0.05, 0) is 60.6 Å². The van der Waals surface area contributed by atoms with Gasteiger partial charge in [-0.2, -0.15) is 13.2 Å². The Morgan fingerprint density at radius 1 is 1.00 bits per heavy atom. The van der Waals surface area contributed by atoms with Gasteiger partial charge in [0.05, 0.1) is 0 Å². The first kappa shape index (κ1) is 18.6. The molecule has 1 fully saturated rings. The topological polar surface area (TPSA) is 23.6 Å². The third-order valence-electron chi connectivity index (χ3n) is 4.27. The first-order valence-corrected chi connectivity index (χ1v) is 9.10. The Morgan fingerprint density at radius 2 is 1.65 bits per heavy atom. The molecule has 0 radical (unpaired) electrons. The van der Waals surface area contributed by atoms with E-state index in [1.54, 1.807) is 4.90 Å². The Balaban J connectivity index is 1.60. The average molecular weight is 380 g/mol. The van der Waals surface area contributed by atoms with Gasteiger partial charge in [0.15, 0.2) is 0 Å². The maximum atomic E-state index is 12.6. The molecule has 26 heavy (non-hydrogen) atoms. The van der Waals surface area contributed by atoms with Gasteiger partial charge in [0.2, 0.25) is 0 Å². The lowest BCUT2D eigenvalue weighted by molar-refractivity contribution is -0.0328. The normalized spacial score (nSPS) is 15.2. The molecule has 2 aromatic rings. The van der Waals surface area contributed by atoms with Crippen LogP contribution >= 0.6 is 11.8 Å². The maximum Gasteiger partial charge on any atom is 0.446 e. The number of piperazine rings is 1. The first-order valence-electron chi connectivity index (χ1n) is 8.28. The lowest BCUT2D eigenvalue weighted by Gasteiger charge is -2.36. The van der Waals surface area contributed by atoms with Crippen molar-refractivity contribution >= 4 is 23.4 Å². The van der Waals surface area contributed by atoms with Crippen LogP contribution in [0.5, 0.6) is 0 Å². The molecule has 0 aliphatic carbocycles. The van der Waals surface area contributed by atoms with Gasteiger partial charge in [-0.3, -0.25) is 4.79 Å². The van der Waals surface area contributed by atoms with E-state index in [2.05, 4.69) is 17.0 Å². The molecule has 138 valence electrons. The smallest absolute Gasteiger partial charge is 0.368 e. The van der Waals surface area contributed by atoms with Crippen molar-refractivity contribution in [2.24, 2.45) is 0 Å². The van der Waals surface area contributed by atoms with E-state index in [4.69, 9.17) is 0 Å². The lowest BCUT2D eigenvalue weighted by atomic mass is 10.1. The molecule has 2 aromatic carbocycles. The molecular weight excluding hydrogens is 361 g/mol. The summed E-state index contributed by atoms with van der Waals surface area (Å²) >= 11 is -0.176. The van der Waals surface area contributed by atoms with Crippen LogP contribution in [0.4, 0.5) is 18.9 Å². The summed E-state index contributed by atoms with van der Waals surface area (Å²) in [6.45, 7) is 4.69. The van der Waals surface area contributed by atoms with Gasteiger partial charge in [0.1, 0.15) is 0 Å². The molecule has 3 rings (SSSR count). The number of amides is 1. The molecule has 3 nitrogen and oxygen atoms in total. The van der Waals surface area contributed by atoms with E-state index < -0.39 is 5.51 Å². The zero-order valence-electron chi connectivity index (χ0n) is 14.3. The van der Waals surface area contributed by atoms with Crippen molar-refractivity contribution in [3.8, 4) is 0 Å². The monoisotopic (exact) mass is 380 g/mol. The van der Waals surface area contributed by atoms with Crippen LogP contribution in [-0.4, -0.2) is 42.5 Å². The van der Waals surface area contributed by atoms with Gasteiger partial charge in [0, 0.05) is 42.3 Å². The minimum atomic E-state index is -4.32. The summed E-state index contributed by atoms with van der Waals surface area (Å²) in [6.07, 6.45) is 0. The Hall–Kier alpha value is -2.15. The van der Waals surface area contributed by atoms with Gasteiger partial charge in [0.25, 0.3) is 5.91 Å². The summed E-state index contributed by atoms with van der Waals surface area (Å²) in [4.78, 5) is 16.6. The molecule has 1 aliphatic rings. The predicted molar refractivity (Wildman–Crippen MR) is 97.6 cm³/mol. The Morgan fingerprint density at radius 3 is 2.23 bits per heavy atom. The van der Waals surface area contributed by atoms with Crippen LogP contribution in [-0.2, 0) is 0 Å². The number of nitrogens with zero attached hydrogens (tertiary/aromatic N) is 2. The van der Waals surface area contributed by atoms with Crippen LogP contribution in [0.3, 0.4) is 0 Å². The van der Waals surface area contributed by atoms with Gasteiger partial charge in [-0.1, -0.05) is 12.1 Å². The highest BCUT2D eigenvalue weighted by Crippen LogP contribution is 2.36. The van der Waals surface area contributed by atoms with Crippen LogP contribution in [0.1, 0.15) is 15.9 Å². The van der Waals surface area contributed by atoms with Crippen molar-refractivity contribution in [3.05, 3.63) is 59.7 Å². The van der Waals surface area contributed by atoms with Crippen LogP contribution < -0.4 is 4.90 Å². The van der Waals surface area contributed by atoms with E-state index in [1.165, 1.54) is 29.8 Å². The van der Waals surface area contributed by atoms with Crippen LogP contribution in [0.2, 0.25) is 0 Å². The number of carbonyl (C=O) groups is 1. The zero-order chi connectivity index (χ0) is 18.7. The molecule has 1 aliphatic heterocycles. The van der Waals surface area contributed by atoms with Crippen LogP contribution in [0, 0.1) is 6.92 Å². The lowest BCUT2D eigenvalue weighted by Crippen LogP contribution is -2.48. The van der Waals surface area contributed by atoms with E-state index in [1.807, 2.05) is 19.1 Å². The number of alkyl halides is 3. The van der Waals surface area contributed by atoms with Crippen molar-refractivity contribution in [2.45, 2.75) is 17.3 Å². The van der Waals surface area contributed by atoms with Gasteiger partial charge in [-0.15, -0.1) is 0 Å². The number of hydrogen-bond donors (Lipinski definition) is 0. The highest BCUT2D eigenvalue weighted by molar-refractivity contribution is 8.00. The Bertz CT molecular complexity index is 769. The molecule has 7 heteroatoms. The fraction of sp³-hybridized carbons (Fsp3) is 0.316. The number of thioether (sulfide) groups is 1. The summed E-state index contributed by atoms with van der Waals surface area (Å²) in [5, 5.41) is 0. The van der Waals surface area contributed by atoms with Crippen LogP contribution in [0.25, 0.3) is 0 Å². The molecule has 0 saturated carbocycles. The molecule has 0 atom stereocenters. The summed E-state index contributed by atoms with van der Waals surface area (Å²) in [5.41, 5.74) is -1.57. The fourth-order valence-electron chi connectivity index (χ4n) is 2.97. The number of halogens is 3. The third kappa shape index (κ3) is 4.72. The molecule has 0 N–H and O–H groups in total. The summed E-state index contributed by atoms with van der Waals surface area (Å²) in [6, 6.07) is 13.8. The molecule has 0 spiro atoms. The average Bonchev–Trinajstić information content (AvgIpc) is 2.61. The summed E-state index contributed by atoms with van der Waals surface area (Å²) < 4.78 is 37.1. The van der Waals surface area contributed by atoms with Crippen molar-refractivity contribution in [2.75, 3.05) is 31.1 Å². The highest BCUT2D eigenvalue weighted by atomic mass is 32.2. The standard InChI is InChI=1S/C19H19F3N2OS/c1-14-3-2-4-16(13-14)23-9-11-24(12-10-23)18(25)15-5-7-17(8-6-15)26-19(20,21)22/h2-8,13H,9-12H2,1H3. The quantitative estimate of drug-likeness (QED) is 0.729. The van der Waals surface area contributed by atoms with Crippen molar-refractivity contribution in [1.82, 2.24) is 4.90 Å². The van der Waals surface area contributed by atoms with Gasteiger partial charge < -0.3 is 9.80 Å². The SMILES string of the molecule is Cc1cccc(N2CCN(C(=O)c3ccc(SC(F)(F)F)cc3)CC2)c1. The second-order valence-corrected chi connectivity index (χ2v) is 7.33. The summed E-state index contributed by atoms with van der Waals surface area (Å²) in [7, 11) is 0. The van der Waals surface area contributed by atoms with Crippen LogP contribution in [0.15, 0.2) is 53.4 Å². The molecule has 0 bridgehead atoms. The first-order chi connectivity index (χ1) is 12.3. The second kappa shape index (κ2) is 7.61. The summed E-state index contributed by atoms with van der Waals surface area (Å²) in [5.74, 6) is -0.141.